The van der Waals surface area contributed by atoms with E-state index in [1.165, 1.54) is 0 Å². The van der Waals surface area contributed by atoms with E-state index in [4.69, 9.17) is 0 Å². The lowest BCUT2D eigenvalue weighted by Crippen LogP contribution is -2.44. The average molecular weight is 296 g/mol. The zero-order chi connectivity index (χ0) is 15.5. The number of carboxylic acid groups (broad SMARTS) is 1. The van der Waals surface area contributed by atoms with Gasteiger partial charge in [0.15, 0.2) is 0 Å². The molecule has 2 N–H and O–H groups in total. The Bertz CT molecular complexity index is 429. The molecular weight excluding hydrogens is 272 g/mol. The third-order valence-electron chi connectivity index (χ3n) is 4.59. The molecule has 118 valence electrons. The molecule has 1 unspecified atom stereocenters. The molecule has 0 spiro atoms. The van der Waals surface area contributed by atoms with Gasteiger partial charge in [-0.3, -0.25) is 14.4 Å². The van der Waals surface area contributed by atoms with Crippen LogP contribution in [0.3, 0.4) is 0 Å². The van der Waals surface area contributed by atoms with Crippen molar-refractivity contribution < 1.29 is 19.5 Å². The molecule has 2 rings (SSSR count). The minimum absolute atomic E-state index is 0.0423. The Hall–Kier alpha value is -1.59. The maximum atomic E-state index is 12.1. The van der Waals surface area contributed by atoms with Crippen molar-refractivity contribution in [3.05, 3.63) is 0 Å². The molecule has 0 aromatic rings. The summed E-state index contributed by atoms with van der Waals surface area (Å²) in [4.78, 5) is 36.8. The number of nitrogens with zero attached hydrogens (tertiary/aromatic N) is 1. The lowest BCUT2D eigenvalue weighted by atomic mass is 9.82. The number of likely N-dealkylation sites (tertiary alicyclic amines) is 1. The maximum absolute atomic E-state index is 12.1. The van der Waals surface area contributed by atoms with Crippen molar-refractivity contribution in [1.29, 1.82) is 0 Å². The Labute approximate surface area is 124 Å². The first-order valence-electron chi connectivity index (χ1n) is 7.73. The van der Waals surface area contributed by atoms with E-state index >= 15 is 0 Å². The first-order chi connectivity index (χ1) is 9.93. The number of nitrogens with one attached hydrogen (secondary N) is 1. The second kappa shape index (κ2) is 6.45. The van der Waals surface area contributed by atoms with Crippen LogP contribution in [-0.4, -0.2) is 46.9 Å². The van der Waals surface area contributed by atoms with Crippen molar-refractivity contribution in [3.8, 4) is 0 Å². The minimum Gasteiger partial charge on any atom is -0.481 e. The molecule has 1 heterocycles. The fourth-order valence-corrected chi connectivity index (χ4v) is 3.42. The van der Waals surface area contributed by atoms with Crippen LogP contribution >= 0.6 is 0 Å². The summed E-state index contributed by atoms with van der Waals surface area (Å²) in [6.07, 6.45) is 4.41. The zero-order valence-electron chi connectivity index (χ0n) is 12.6. The fourth-order valence-electron chi connectivity index (χ4n) is 3.42. The Kier molecular flexibility index (Phi) is 4.85. The minimum atomic E-state index is -0.882. The van der Waals surface area contributed by atoms with Gasteiger partial charge in [0.05, 0.1) is 5.41 Å². The van der Waals surface area contributed by atoms with Crippen LogP contribution in [-0.2, 0) is 14.4 Å². The van der Waals surface area contributed by atoms with Gasteiger partial charge in [0.1, 0.15) is 0 Å². The molecule has 1 atom stereocenters. The predicted octanol–water partition coefficient (Wildman–Crippen LogP) is 1.15. The van der Waals surface area contributed by atoms with Crippen molar-refractivity contribution in [2.24, 2.45) is 5.41 Å². The van der Waals surface area contributed by atoms with Gasteiger partial charge >= 0.3 is 5.97 Å². The highest BCUT2D eigenvalue weighted by molar-refractivity contribution is 5.85. The Morgan fingerprint density at radius 2 is 2.00 bits per heavy atom. The van der Waals surface area contributed by atoms with E-state index < -0.39 is 11.4 Å². The Balaban J connectivity index is 1.83. The molecule has 1 saturated heterocycles. The lowest BCUT2D eigenvalue weighted by Gasteiger charge is -2.26. The van der Waals surface area contributed by atoms with Crippen molar-refractivity contribution in [1.82, 2.24) is 10.2 Å². The van der Waals surface area contributed by atoms with Gasteiger partial charge in [-0.15, -0.1) is 0 Å². The van der Waals surface area contributed by atoms with Gasteiger partial charge in [-0.05, 0) is 26.2 Å². The van der Waals surface area contributed by atoms with Crippen LogP contribution in [0.15, 0.2) is 0 Å². The van der Waals surface area contributed by atoms with Crippen LogP contribution < -0.4 is 5.32 Å². The number of aliphatic carboxylic acids is 1. The molecule has 1 saturated carbocycles. The smallest absolute Gasteiger partial charge is 0.310 e. The van der Waals surface area contributed by atoms with E-state index in [2.05, 4.69) is 5.32 Å². The van der Waals surface area contributed by atoms with Crippen molar-refractivity contribution >= 4 is 17.8 Å². The number of carboxylic acids is 1. The van der Waals surface area contributed by atoms with Crippen molar-refractivity contribution in [2.45, 2.75) is 57.9 Å². The summed E-state index contributed by atoms with van der Waals surface area (Å²) >= 11 is 0. The molecular formula is C15H24N2O4. The van der Waals surface area contributed by atoms with E-state index in [1.54, 1.807) is 4.90 Å². The van der Waals surface area contributed by atoms with E-state index in [9.17, 15) is 19.5 Å². The number of hydrogen-bond acceptors (Lipinski definition) is 3. The number of hydrogen-bond donors (Lipinski definition) is 2. The van der Waals surface area contributed by atoms with Crippen LogP contribution in [0.1, 0.15) is 51.9 Å². The van der Waals surface area contributed by atoms with Gasteiger partial charge < -0.3 is 15.3 Å². The molecule has 1 aliphatic carbocycles. The molecule has 0 aromatic heterocycles. The van der Waals surface area contributed by atoms with E-state index in [-0.39, 0.29) is 24.3 Å². The monoisotopic (exact) mass is 296 g/mol. The van der Waals surface area contributed by atoms with E-state index in [1.807, 2.05) is 6.92 Å². The Morgan fingerprint density at radius 1 is 1.33 bits per heavy atom. The van der Waals surface area contributed by atoms with Crippen molar-refractivity contribution in [2.75, 3.05) is 13.1 Å². The molecule has 21 heavy (non-hydrogen) atoms. The quantitative estimate of drug-likeness (QED) is 0.769. The van der Waals surface area contributed by atoms with Gasteiger partial charge in [-0.2, -0.15) is 0 Å². The molecule has 2 fully saturated rings. The van der Waals surface area contributed by atoms with E-state index in [0.717, 1.165) is 25.8 Å². The van der Waals surface area contributed by atoms with Gasteiger partial charge in [-0.25, -0.2) is 0 Å². The van der Waals surface area contributed by atoms with E-state index in [0.29, 0.717) is 25.8 Å². The fraction of sp³-hybridized carbons (Fsp3) is 0.800. The maximum Gasteiger partial charge on any atom is 0.310 e. The van der Waals surface area contributed by atoms with Crippen LogP contribution in [0.4, 0.5) is 0 Å². The lowest BCUT2D eigenvalue weighted by molar-refractivity contribution is -0.151. The third-order valence-corrected chi connectivity index (χ3v) is 4.59. The topological polar surface area (TPSA) is 86.7 Å². The highest BCUT2D eigenvalue weighted by Crippen LogP contribution is 2.41. The number of amides is 2. The van der Waals surface area contributed by atoms with Gasteiger partial charge in [0.2, 0.25) is 11.8 Å². The van der Waals surface area contributed by atoms with Crippen LogP contribution in [0.25, 0.3) is 0 Å². The molecule has 6 heteroatoms. The number of carbonyl (C=O) groups excluding carboxylic acids is 2. The predicted molar refractivity (Wildman–Crippen MR) is 76.6 cm³/mol. The molecule has 0 aromatic carbocycles. The average Bonchev–Trinajstić information content (AvgIpc) is 3.00. The third kappa shape index (κ3) is 3.74. The molecule has 0 bridgehead atoms. The zero-order valence-corrected chi connectivity index (χ0v) is 12.6. The first kappa shape index (κ1) is 15.8. The summed E-state index contributed by atoms with van der Waals surface area (Å²) in [6, 6.07) is -0.146. The summed E-state index contributed by atoms with van der Waals surface area (Å²) in [6.45, 7) is 3.11. The van der Waals surface area contributed by atoms with Crippen LogP contribution in [0, 0.1) is 5.41 Å². The molecule has 0 radical (unpaired) electrons. The molecule has 2 amide bonds. The SMILES string of the molecule is CC(CN1CCCC1=O)NC(=O)CC1(C(=O)O)CCCC1. The van der Waals surface area contributed by atoms with Gasteiger partial charge in [0.25, 0.3) is 0 Å². The Morgan fingerprint density at radius 3 is 2.52 bits per heavy atom. The summed E-state index contributed by atoms with van der Waals surface area (Å²) in [5, 5.41) is 12.2. The summed E-state index contributed by atoms with van der Waals surface area (Å²) < 4.78 is 0. The number of rotatable bonds is 6. The normalized spacial score (nSPS) is 22.3. The molecule has 2 aliphatic rings. The highest BCUT2D eigenvalue weighted by Gasteiger charge is 2.43. The van der Waals surface area contributed by atoms with Gasteiger partial charge in [-0.1, -0.05) is 12.8 Å². The summed E-state index contributed by atoms with van der Waals surface area (Å²) in [5.41, 5.74) is -0.882. The second-order valence-corrected chi connectivity index (χ2v) is 6.38. The highest BCUT2D eigenvalue weighted by atomic mass is 16.4. The number of carbonyl (C=O) groups is 3. The largest absolute Gasteiger partial charge is 0.481 e. The summed E-state index contributed by atoms with van der Waals surface area (Å²) in [5.74, 6) is -0.954. The molecule has 6 nitrogen and oxygen atoms in total. The van der Waals surface area contributed by atoms with Gasteiger partial charge in [0, 0.05) is 32.0 Å². The van der Waals surface area contributed by atoms with Crippen LogP contribution in [0.5, 0.6) is 0 Å². The van der Waals surface area contributed by atoms with Crippen LogP contribution in [0.2, 0.25) is 0 Å². The standard InChI is InChI=1S/C15H24N2O4/c1-11(10-17-8-4-5-13(17)19)16-12(18)9-15(14(20)21)6-2-3-7-15/h11H,2-10H2,1H3,(H,16,18)(H,20,21). The summed E-state index contributed by atoms with van der Waals surface area (Å²) in [7, 11) is 0. The molecule has 1 aliphatic heterocycles. The first-order valence-corrected chi connectivity index (χ1v) is 7.73. The van der Waals surface area contributed by atoms with Crippen molar-refractivity contribution in [3.63, 3.8) is 0 Å². The second-order valence-electron chi connectivity index (χ2n) is 6.38.